The monoisotopic (exact) mass is 408 g/mol. The van der Waals surface area contributed by atoms with Crippen LogP contribution >= 0.6 is 0 Å². The quantitative estimate of drug-likeness (QED) is 0.440. The summed E-state index contributed by atoms with van der Waals surface area (Å²) >= 11 is 2.47. The summed E-state index contributed by atoms with van der Waals surface area (Å²) in [4.78, 5) is 0. The summed E-state index contributed by atoms with van der Waals surface area (Å²) in [6, 6.07) is 13.9. The first-order valence-electron chi connectivity index (χ1n) is 7.19. The summed E-state index contributed by atoms with van der Waals surface area (Å²) in [7, 11) is -1.56. The minimum absolute atomic E-state index is 0. The summed E-state index contributed by atoms with van der Waals surface area (Å²) in [5.74, 6) is 0. The molecule has 1 aromatic carbocycles. The summed E-state index contributed by atoms with van der Waals surface area (Å²) in [5.41, 5.74) is 3.00. The Hall–Kier alpha value is 0.501. The second-order valence-corrected chi connectivity index (χ2v) is 12.6. The van der Waals surface area contributed by atoms with Crippen LogP contribution in [0, 0.1) is 0 Å². The van der Waals surface area contributed by atoms with E-state index in [4.69, 9.17) is 0 Å². The van der Waals surface area contributed by atoms with E-state index in [2.05, 4.69) is 90.6 Å². The summed E-state index contributed by atoms with van der Waals surface area (Å²) in [5, 5.41) is 1.61. The van der Waals surface area contributed by atoms with Crippen molar-refractivity contribution in [3.63, 3.8) is 0 Å². The van der Waals surface area contributed by atoms with Gasteiger partial charge in [-0.25, -0.2) is 0 Å². The Morgan fingerprint density at radius 3 is 1.82 bits per heavy atom. The second kappa shape index (κ2) is 9.71. The number of benzene rings is 1. The number of hydrogen-bond acceptors (Lipinski definition) is 0. The van der Waals surface area contributed by atoms with Gasteiger partial charge in [0.1, 0.15) is 0 Å². The molecule has 22 heavy (non-hydrogen) atoms. The summed E-state index contributed by atoms with van der Waals surface area (Å²) < 4.78 is 0.280. The zero-order valence-electron chi connectivity index (χ0n) is 13.6. The predicted octanol–water partition coefficient (Wildman–Crippen LogP) is -4.45. The number of allylic oxidation sites excluding steroid dienone is 4. The molecule has 0 N–H and O–H groups in total. The number of hydrogen-bond donors (Lipinski definition) is 0. The molecule has 2 rings (SSSR count). The van der Waals surface area contributed by atoms with Crippen molar-refractivity contribution in [2.75, 3.05) is 0 Å². The maximum Gasteiger partial charge on any atom is -1.00 e. The van der Waals surface area contributed by atoms with Crippen molar-refractivity contribution in [3.05, 3.63) is 53.6 Å². The van der Waals surface area contributed by atoms with E-state index >= 15 is 0 Å². The average Bonchev–Trinajstić information content (AvgIpc) is 2.67. The van der Waals surface area contributed by atoms with Gasteiger partial charge < -0.3 is 37.2 Å². The average molecular weight is 410 g/mol. The third kappa shape index (κ3) is 3.94. The van der Waals surface area contributed by atoms with Crippen molar-refractivity contribution < 1.29 is 57.7 Å². The second-order valence-electron chi connectivity index (χ2n) is 5.68. The standard InChI is InChI=1S/C17H23Si.3ClH.Ti/c1-5-18(6-2,16-10-8-7-9-11-16)17-13-14(3)12-15(17)4;;;;/h7-13H,5-6H2,1-4H3;3*1H;/q;;;;+3/p-3. The molecule has 0 radical (unpaired) electrons. The van der Waals surface area contributed by atoms with E-state index in [0.717, 1.165) is 0 Å². The van der Waals surface area contributed by atoms with Crippen LogP contribution in [0.5, 0.6) is 0 Å². The van der Waals surface area contributed by atoms with Crippen LogP contribution in [0.1, 0.15) is 27.7 Å². The van der Waals surface area contributed by atoms with Crippen molar-refractivity contribution >= 4 is 13.3 Å². The molecule has 0 heterocycles. The molecule has 1 unspecified atom stereocenters. The van der Waals surface area contributed by atoms with Gasteiger partial charge in [-0.3, -0.25) is 0 Å². The minimum atomic E-state index is -1.56. The van der Waals surface area contributed by atoms with Gasteiger partial charge in [-0.1, -0.05) is 0 Å². The summed E-state index contributed by atoms with van der Waals surface area (Å²) in [6.07, 6.45) is 4.92. The summed E-state index contributed by atoms with van der Waals surface area (Å²) in [6.45, 7) is 9.35. The molecule has 5 heteroatoms. The van der Waals surface area contributed by atoms with E-state index in [0.29, 0.717) is 0 Å². The number of halogens is 3. The van der Waals surface area contributed by atoms with Gasteiger partial charge in [-0.15, -0.1) is 0 Å². The molecule has 1 aromatic rings. The van der Waals surface area contributed by atoms with Crippen LogP contribution < -0.4 is 42.4 Å². The Morgan fingerprint density at radius 2 is 1.45 bits per heavy atom. The fourth-order valence-electron chi connectivity index (χ4n) is 3.67. The fraction of sp³-hybridized carbons (Fsp3) is 0.412. The SMILES string of the molecule is CC[Si](CC)(c1ccccc1)[C]1([Ti+3])C=C(C)C=C1C.[Cl-].[Cl-].[Cl-]. The maximum atomic E-state index is 2.54. The largest absolute Gasteiger partial charge is 1.00 e. The molecule has 0 bridgehead atoms. The zero-order chi connectivity index (χ0) is 14.1. The normalized spacial score (nSPS) is 20.1. The van der Waals surface area contributed by atoms with Gasteiger partial charge in [0.05, 0.1) is 0 Å². The van der Waals surface area contributed by atoms with Crippen LogP contribution in [0.4, 0.5) is 0 Å². The topological polar surface area (TPSA) is 0 Å². The van der Waals surface area contributed by atoms with E-state index in [9.17, 15) is 0 Å². The van der Waals surface area contributed by atoms with Gasteiger partial charge in [0.15, 0.2) is 0 Å². The van der Waals surface area contributed by atoms with Crippen LogP contribution in [-0.2, 0) is 20.4 Å². The maximum absolute atomic E-state index is 2.54. The molecule has 0 fully saturated rings. The van der Waals surface area contributed by atoms with E-state index < -0.39 is 8.07 Å². The third-order valence-corrected chi connectivity index (χ3v) is 13.8. The Bertz CT molecular complexity index is 524. The Kier molecular flexibility index (Phi) is 10.9. The Morgan fingerprint density at radius 1 is 0.955 bits per heavy atom. The molecule has 0 saturated heterocycles. The first kappa shape index (κ1) is 24.7. The molecule has 0 saturated carbocycles. The van der Waals surface area contributed by atoms with E-state index in [1.807, 2.05) is 0 Å². The molecule has 120 valence electrons. The van der Waals surface area contributed by atoms with Crippen LogP contribution in [0.3, 0.4) is 0 Å². The Balaban J connectivity index is 0. The molecule has 1 atom stereocenters. The van der Waals surface area contributed by atoms with Gasteiger partial charge in [-0.2, -0.15) is 0 Å². The van der Waals surface area contributed by atoms with Gasteiger partial charge in [-0.05, 0) is 0 Å². The molecule has 1 aliphatic rings. The van der Waals surface area contributed by atoms with Crippen molar-refractivity contribution in [2.45, 2.75) is 43.1 Å². The van der Waals surface area contributed by atoms with Crippen molar-refractivity contribution in [1.29, 1.82) is 0 Å². The molecule has 0 nitrogen and oxygen atoms in total. The van der Waals surface area contributed by atoms with E-state index in [1.165, 1.54) is 17.7 Å². The van der Waals surface area contributed by atoms with Crippen molar-refractivity contribution in [2.24, 2.45) is 0 Å². The van der Waals surface area contributed by atoms with E-state index in [-0.39, 0.29) is 40.6 Å². The first-order chi connectivity index (χ1) is 9.00. The van der Waals surface area contributed by atoms with Crippen LogP contribution in [0.25, 0.3) is 0 Å². The molecule has 0 aliphatic heterocycles. The Labute approximate surface area is 166 Å². The minimum Gasteiger partial charge on any atom is -1.00 e. The molecule has 0 amide bonds. The van der Waals surface area contributed by atoms with Crippen molar-refractivity contribution in [1.82, 2.24) is 0 Å². The van der Waals surface area contributed by atoms with Crippen LogP contribution in [0.2, 0.25) is 15.4 Å². The third-order valence-electron chi connectivity index (χ3n) is 4.80. The van der Waals surface area contributed by atoms with E-state index in [1.54, 1.807) is 10.8 Å². The van der Waals surface area contributed by atoms with Gasteiger partial charge in [0, 0.05) is 0 Å². The predicted molar refractivity (Wildman–Crippen MR) is 83.0 cm³/mol. The van der Waals surface area contributed by atoms with Crippen LogP contribution in [-0.4, -0.2) is 8.07 Å². The molecule has 0 aromatic heterocycles. The smallest absolute Gasteiger partial charge is 1.00 e. The van der Waals surface area contributed by atoms with Gasteiger partial charge in [0.2, 0.25) is 0 Å². The first-order valence-corrected chi connectivity index (χ1v) is 10.4. The van der Waals surface area contributed by atoms with Crippen LogP contribution in [0.15, 0.2) is 53.6 Å². The zero-order valence-corrected chi connectivity index (χ0v) is 18.4. The molecule has 1 aliphatic carbocycles. The van der Waals surface area contributed by atoms with Gasteiger partial charge in [0.25, 0.3) is 0 Å². The molecule has 0 spiro atoms. The fourth-order valence-corrected chi connectivity index (χ4v) is 11.5. The molecular weight excluding hydrogens is 386 g/mol. The number of rotatable bonds is 4. The van der Waals surface area contributed by atoms with Gasteiger partial charge >= 0.3 is 130 Å². The van der Waals surface area contributed by atoms with Crippen molar-refractivity contribution in [3.8, 4) is 0 Å². The molecular formula is C17H23Cl3SiTi.